The van der Waals surface area contributed by atoms with Crippen molar-refractivity contribution < 1.29 is 27.1 Å². The van der Waals surface area contributed by atoms with Crippen LogP contribution in [0.1, 0.15) is 44.6 Å². The molecule has 1 atom stereocenters. The maximum absolute atomic E-state index is 13.7. The van der Waals surface area contributed by atoms with Gasteiger partial charge in [-0.15, -0.1) is 0 Å². The number of sulfonamides is 1. The Kier molecular flexibility index (Phi) is 9.31. The number of benzene rings is 2. The molecule has 0 heterocycles. The maximum atomic E-state index is 13.7. The van der Waals surface area contributed by atoms with Crippen LogP contribution in [0.25, 0.3) is 0 Å². The lowest BCUT2D eigenvalue weighted by Crippen LogP contribution is -2.53. The molecular weight excluding hydrogens is 485 g/mol. The number of carbonyl (C=O) groups is 2. The summed E-state index contributed by atoms with van der Waals surface area (Å²) in [4.78, 5) is 28.3. The summed E-state index contributed by atoms with van der Waals surface area (Å²) in [5.74, 6) is -0.943. The van der Waals surface area contributed by atoms with Crippen LogP contribution in [0.3, 0.4) is 0 Å². The second-order valence-electron chi connectivity index (χ2n) is 9.00. The van der Waals surface area contributed by atoms with Gasteiger partial charge in [0.1, 0.15) is 24.2 Å². The second kappa shape index (κ2) is 12.2. The first-order valence-corrected chi connectivity index (χ1v) is 13.9. The molecule has 1 aliphatic rings. The minimum Gasteiger partial charge on any atom is -0.495 e. The summed E-state index contributed by atoms with van der Waals surface area (Å²) in [7, 11) is -2.45. The second-order valence-corrected chi connectivity index (χ2v) is 10.9. The van der Waals surface area contributed by atoms with Crippen LogP contribution in [-0.2, 0) is 26.2 Å². The van der Waals surface area contributed by atoms with Gasteiger partial charge in [0.15, 0.2) is 0 Å². The molecule has 10 heteroatoms. The van der Waals surface area contributed by atoms with Gasteiger partial charge in [-0.25, -0.2) is 12.8 Å². The van der Waals surface area contributed by atoms with Crippen molar-refractivity contribution in [3.8, 4) is 5.75 Å². The summed E-state index contributed by atoms with van der Waals surface area (Å²) >= 11 is 0. The zero-order chi connectivity index (χ0) is 26.3. The third-order valence-corrected chi connectivity index (χ3v) is 7.51. The molecule has 8 nitrogen and oxygen atoms in total. The number of ether oxygens (including phenoxy) is 1. The van der Waals surface area contributed by atoms with E-state index < -0.39 is 34.3 Å². The molecule has 0 saturated heterocycles. The van der Waals surface area contributed by atoms with Crippen LogP contribution in [0.4, 0.5) is 10.1 Å². The van der Waals surface area contributed by atoms with E-state index in [1.807, 2.05) is 0 Å². The van der Waals surface area contributed by atoms with E-state index in [2.05, 4.69) is 5.32 Å². The molecule has 2 aromatic carbocycles. The van der Waals surface area contributed by atoms with Crippen molar-refractivity contribution in [1.82, 2.24) is 10.2 Å². The molecule has 3 rings (SSSR count). The number of para-hydroxylation sites is 2. The van der Waals surface area contributed by atoms with Crippen molar-refractivity contribution in [2.45, 2.75) is 57.7 Å². The van der Waals surface area contributed by atoms with Crippen molar-refractivity contribution in [1.29, 1.82) is 0 Å². The summed E-state index contributed by atoms with van der Waals surface area (Å²) in [6.45, 7) is 1.31. The summed E-state index contributed by atoms with van der Waals surface area (Å²) in [5.41, 5.74) is 0.848. The molecule has 0 radical (unpaired) electrons. The molecule has 36 heavy (non-hydrogen) atoms. The summed E-state index contributed by atoms with van der Waals surface area (Å²) < 4.78 is 45.3. The lowest BCUT2D eigenvalue weighted by Gasteiger charge is -2.33. The van der Waals surface area contributed by atoms with E-state index >= 15 is 0 Å². The average molecular weight is 520 g/mol. The van der Waals surface area contributed by atoms with Crippen LogP contribution >= 0.6 is 0 Å². The monoisotopic (exact) mass is 519 g/mol. The third kappa shape index (κ3) is 6.96. The molecule has 1 aliphatic carbocycles. The molecule has 196 valence electrons. The summed E-state index contributed by atoms with van der Waals surface area (Å²) in [6, 6.07) is 11.4. The number of hydrogen-bond donors (Lipinski definition) is 1. The van der Waals surface area contributed by atoms with E-state index in [4.69, 9.17) is 4.74 Å². The van der Waals surface area contributed by atoms with Crippen LogP contribution in [-0.4, -0.2) is 57.1 Å². The SMILES string of the molecule is CC[C@@H](C(=O)NC1CCCC1)N(Cc1ccc(F)cc1)C(=O)CN(c1ccccc1OC)S(C)(=O)=O. The van der Waals surface area contributed by atoms with Gasteiger partial charge in [0, 0.05) is 12.6 Å². The fraction of sp³-hybridized carbons (Fsp3) is 0.462. The number of amides is 2. The quantitative estimate of drug-likeness (QED) is 0.491. The molecule has 0 unspecified atom stereocenters. The van der Waals surface area contributed by atoms with Gasteiger partial charge < -0.3 is 15.0 Å². The fourth-order valence-corrected chi connectivity index (χ4v) is 5.36. The number of methoxy groups -OCH3 is 1. The Balaban J connectivity index is 1.94. The molecule has 1 N–H and O–H groups in total. The van der Waals surface area contributed by atoms with Gasteiger partial charge >= 0.3 is 0 Å². The minimum atomic E-state index is -3.87. The molecule has 0 aromatic heterocycles. The molecule has 1 fully saturated rings. The minimum absolute atomic E-state index is 0.0270. The Bertz CT molecular complexity index is 1150. The van der Waals surface area contributed by atoms with Crippen molar-refractivity contribution in [2.24, 2.45) is 0 Å². The summed E-state index contributed by atoms with van der Waals surface area (Å²) in [6.07, 6.45) is 5.22. The molecule has 2 amide bonds. The molecule has 1 saturated carbocycles. The number of nitrogens with one attached hydrogen (secondary N) is 1. The zero-order valence-corrected chi connectivity index (χ0v) is 21.8. The third-order valence-electron chi connectivity index (χ3n) is 6.39. The van der Waals surface area contributed by atoms with Gasteiger partial charge in [-0.1, -0.05) is 44.0 Å². The number of nitrogens with zero attached hydrogens (tertiary/aromatic N) is 2. The number of carbonyl (C=O) groups excluding carboxylic acids is 2. The van der Waals surface area contributed by atoms with Gasteiger partial charge in [-0.2, -0.15) is 0 Å². The first-order chi connectivity index (χ1) is 17.1. The van der Waals surface area contributed by atoms with E-state index in [0.717, 1.165) is 36.2 Å². The number of rotatable bonds is 11. The van der Waals surface area contributed by atoms with Crippen LogP contribution in [0.5, 0.6) is 5.75 Å². The highest BCUT2D eigenvalue weighted by Gasteiger charge is 2.33. The summed E-state index contributed by atoms with van der Waals surface area (Å²) in [5, 5.41) is 3.05. The lowest BCUT2D eigenvalue weighted by molar-refractivity contribution is -0.140. The lowest BCUT2D eigenvalue weighted by atomic mass is 10.1. The van der Waals surface area contributed by atoms with Crippen LogP contribution in [0, 0.1) is 5.82 Å². The first-order valence-electron chi connectivity index (χ1n) is 12.1. The van der Waals surface area contributed by atoms with Gasteiger partial charge in [-0.05, 0) is 49.1 Å². The highest BCUT2D eigenvalue weighted by molar-refractivity contribution is 7.92. The smallest absolute Gasteiger partial charge is 0.244 e. The highest BCUT2D eigenvalue weighted by Crippen LogP contribution is 2.30. The average Bonchev–Trinajstić information content (AvgIpc) is 3.35. The van der Waals surface area contributed by atoms with Crippen molar-refractivity contribution in [3.63, 3.8) is 0 Å². The van der Waals surface area contributed by atoms with Crippen molar-refractivity contribution >= 4 is 27.5 Å². The van der Waals surface area contributed by atoms with Gasteiger partial charge in [0.2, 0.25) is 21.8 Å². The predicted molar refractivity (Wildman–Crippen MR) is 137 cm³/mol. The molecule has 0 bridgehead atoms. The normalized spacial score (nSPS) is 14.8. The molecule has 0 aliphatic heterocycles. The van der Waals surface area contributed by atoms with E-state index in [1.165, 1.54) is 24.1 Å². The maximum Gasteiger partial charge on any atom is 0.244 e. The molecule has 0 spiro atoms. The number of hydrogen-bond acceptors (Lipinski definition) is 5. The van der Waals surface area contributed by atoms with E-state index in [-0.39, 0.29) is 24.2 Å². The topological polar surface area (TPSA) is 96.0 Å². The Morgan fingerprint density at radius 1 is 1.11 bits per heavy atom. The highest BCUT2D eigenvalue weighted by atomic mass is 32.2. The van der Waals surface area contributed by atoms with Gasteiger partial charge in [0.25, 0.3) is 0 Å². The van der Waals surface area contributed by atoms with Gasteiger partial charge in [0.05, 0.1) is 19.1 Å². The van der Waals surface area contributed by atoms with Crippen LogP contribution in [0.15, 0.2) is 48.5 Å². The van der Waals surface area contributed by atoms with Gasteiger partial charge in [-0.3, -0.25) is 13.9 Å². The largest absolute Gasteiger partial charge is 0.495 e. The first kappa shape index (κ1) is 27.4. The standard InChI is InChI=1S/C26H34FN3O5S/c1-4-22(26(32)28-21-9-5-6-10-21)29(17-19-13-15-20(27)16-14-19)25(31)18-30(36(3,33)34)23-11-7-8-12-24(23)35-2/h7-8,11-16,21-22H,4-6,9-10,17-18H2,1-3H3,(H,28,32)/t22-/m0/s1. The predicted octanol–water partition coefficient (Wildman–Crippen LogP) is 3.47. The van der Waals surface area contributed by atoms with E-state index in [9.17, 15) is 22.4 Å². The Labute approximate surface area is 212 Å². The van der Waals surface area contributed by atoms with Crippen molar-refractivity contribution in [2.75, 3.05) is 24.2 Å². The molecular formula is C26H34FN3O5S. The van der Waals surface area contributed by atoms with Crippen LogP contribution < -0.4 is 14.4 Å². The zero-order valence-electron chi connectivity index (χ0n) is 20.9. The van der Waals surface area contributed by atoms with Crippen molar-refractivity contribution in [3.05, 3.63) is 59.9 Å². The Hall–Kier alpha value is -3.14. The van der Waals surface area contributed by atoms with E-state index in [0.29, 0.717) is 17.7 Å². The van der Waals surface area contributed by atoms with Crippen LogP contribution in [0.2, 0.25) is 0 Å². The fourth-order valence-electron chi connectivity index (χ4n) is 4.50. The number of anilines is 1. The Morgan fingerprint density at radius 3 is 2.33 bits per heavy atom. The number of halogens is 1. The molecule has 2 aromatic rings. The van der Waals surface area contributed by atoms with E-state index in [1.54, 1.807) is 43.3 Å². The Morgan fingerprint density at radius 2 is 1.75 bits per heavy atom.